The fraction of sp³-hybridized carbons (Fsp3) is 0.304. The van der Waals surface area contributed by atoms with Crippen molar-refractivity contribution in [3.8, 4) is 17.6 Å². The molecular formula is C23H21BrCl2N2O3. The standard InChI is InChI=1S/C23H21BrCl2N2O3/c1-2-30-21-11-15(9-17(13-27)23(29)28-7-3-4-8-28)10-19(24)22(21)31-14-16-5-6-18(25)12-20(16)26/h5-6,9-12H,2-4,7-8,14H2,1H3/b17-9+. The van der Waals surface area contributed by atoms with E-state index < -0.39 is 0 Å². The number of amides is 1. The fourth-order valence-electron chi connectivity index (χ4n) is 3.26. The first-order chi connectivity index (χ1) is 14.9. The van der Waals surface area contributed by atoms with Gasteiger partial charge in [0.05, 0.1) is 11.1 Å². The summed E-state index contributed by atoms with van der Waals surface area (Å²) in [4.78, 5) is 14.3. The SMILES string of the molecule is CCOc1cc(/C=C(\C#N)C(=O)N2CCCC2)cc(Br)c1OCc1ccc(Cl)cc1Cl. The molecule has 0 N–H and O–H groups in total. The zero-order chi connectivity index (χ0) is 22.4. The lowest BCUT2D eigenvalue weighted by atomic mass is 10.1. The van der Waals surface area contributed by atoms with E-state index in [4.69, 9.17) is 32.7 Å². The predicted octanol–water partition coefficient (Wildman–Crippen LogP) is 6.26. The molecule has 1 saturated heterocycles. The van der Waals surface area contributed by atoms with Crippen molar-refractivity contribution in [2.45, 2.75) is 26.4 Å². The van der Waals surface area contributed by atoms with Gasteiger partial charge >= 0.3 is 0 Å². The van der Waals surface area contributed by atoms with Gasteiger partial charge in [-0.1, -0.05) is 29.3 Å². The molecule has 0 atom stereocenters. The molecule has 2 aromatic rings. The number of likely N-dealkylation sites (tertiary alicyclic amines) is 1. The van der Waals surface area contributed by atoms with Crippen LogP contribution in [-0.4, -0.2) is 30.5 Å². The van der Waals surface area contributed by atoms with E-state index in [1.807, 2.05) is 13.0 Å². The minimum Gasteiger partial charge on any atom is -0.490 e. The molecule has 1 aliphatic heterocycles. The van der Waals surface area contributed by atoms with E-state index in [9.17, 15) is 10.1 Å². The number of ether oxygens (including phenoxy) is 2. The van der Waals surface area contributed by atoms with Crippen molar-refractivity contribution in [2.75, 3.05) is 19.7 Å². The third-order valence-electron chi connectivity index (χ3n) is 4.77. The summed E-state index contributed by atoms with van der Waals surface area (Å²) >= 11 is 15.7. The van der Waals surface area contributed by atoms with Gasteiger partial charge in [0.1, 0.15) is 18.2 Å². The molecule has 162 valence electrons. The number of benzene rings is 2. The van der Waals surface area contributed by atoms with Crippen LogP contribution >= 0.6 is 39.1 Å². The normalized spacial score (nSPS) is 13.8. The Balaban J connectivity index is 1.87. The van der Waals surface area contributed by atoms with Crippen LogP contribution < -0.4 is 9.47 Å². The minimum absolute atomic E-state index is 0.0952. The molecule has 5 nitrogen and oxygen atoms in total. The highest BCUT2D eigenvalue weighted by Gasteiger charge is 2.22. The van der Waals surface area contributed by atoms with Crippen LogP contribution in [0.25, 0.3) is 6.08 Å². The van der Waals surface area contributed by atoms with E-state index in [0.717, 1.165) is 18.4 Å². The summed E-state index contributed by atoms with van der Waals surface area (Å²) in [7, 11) is 0. The van der Waals surface area contributed by atoms with E-state index in [1.54, 1.807) is 41.3 Å². The fourth-order valence-corrected chi connectivity index (χ4v) is 4.30. The van der Waals surface area contributed by atoms with Crippen LogP contribution in [0.15, 0.2) is 40.4 Å². The number of nitriles is 1. The second-order valence-electron chi connectivity index (χ2n) is 6.96. The Hall–Kier alpha value is -2.20. The molecule has 0 saturated carbocycles. The molecule has 0 spiro atoms. The number of halogens is 3. The van der Waals surface area contributed by atoms with E-state index in [0.29, 0.717) is 51.3 Å². The Morgan fingerprint density at radius 2 is 1.97 bits per heavy atom. The zero-order valence-corrected chi connectivity index (χ0v) is 20.1. The van der Waals surface area contributed by atoms with Crippen molar-refractivity contribution in [3.63, 3.8) is 0 Å². The van der Waals surface area contributed by atoms with Crippen molar-refractivity contribution in [3.05, 3.63) is 61.5 Å². The number of carbonyl (C=O) groups excluding carboxylic acids is 1. The maximum absolute atomic E-state index is 12.6. The molecule has 2 aromatic carbocycles. The molecule has 1 aliphatic rings. The van der Waals surface area contributed by atoms with Crippen LogP contribution in [0, 0.1) is 11.3 Å². The molecule has 1 amide bonds. The van der Waals surface area contributed by atoms with Gasteiger partial charge in [-0.3, -0.25) is 4.79 Å². The highest BCUT2D eigenvalue weighted by atomic mass is 79.9. The van der Waals surface area contributed by atoms with Crippen LogP contribution in [0.1, 0.15) is 30.9 Å². The molecule has 0 bridgehead atoms. The lowest BCUT2D eigenvalue weighted by molar-refractivity contribution is -0.125. The molecule has 0 aliphatic carbocycles. The summed E-state index contributed by atoms with van der Waals surface area (Å²) in [5.41, 5.74) is 1.54. The Bertz CT molecular complexity index is 1040. The zero-order valence-electron chi connectivity index (χ0n) is 17.0. The summed E-state index contributed by atoms with van der Waals surface area (Å²) in [6.07, 6.45) is 3.51. The Kier molecular flexibility index (Phi) is 8.25. The molecule has 8 heteroatoms. The van der Waals surface area contributed by atoms with Crippen molar-refractivity contribution in [1.29, 1.82) is 5.26 Å². The van der Waals surface area contributed by atoms with Crippen molar-refractivity contribution >= 4 is 51.1 Å². The average molecular weight is 524 g/mol. The first-order valence-corrected chi connectivity index (χ1v) is 11.4. The summed E-state index contributed by atoms with van der Waals surface area (Å²) in [6.45, 7) is 3.89. The van der Waals surface area contributed by atoms with Crippen molar-refractivity contribution < 1.29 is 14.3 Å². The predicted molar refractivity (Wildman–Crippen MR) is 126 cm³/mol. The lowest BCUT2D eigenvalue weighted by Crippen LogP contribution is -2.28. The van der Waals surface area contributed by atoms with E-state index in [-0.39, 0.29) is 18.1 Å². The second-order valence-corrected chi connectivity index (χ2v) is 8.65. The third kappa shape index (κ3) is 5.94. The van der Waals surface area contributed by atoms with Crippen LogP contribution in [-0.2, 0) is 11.4 Å². The van der Waals surface area contributed by atoms with Gasteiger partial charge in [0.15, 0.2) is 11.5 Å². The maximum atomic E-state index is 12.6. The highest BCUT2D eigenvalue weighted by Crippen LogP contribution is 2.38. The van der Waals surface area contributed by atoms with Gasteiger partial charge in [0.2, 0.25) is 0 Å². The molecule has 0 unspecified atom stereocenters. The molecule has 1 fully saturated rings. The minimum atomic E-state index is -0.244. The van der Waals surface area contributed by atoms with Crippen molar-refractivity contribution in [2.24, 2.45) is 0 Å². The average Bonchev–Trinajstić information content (AvgIpc) is 3.27. The van der Waals surface area contributed by atoms with Gasteiger partial charge in [-0.2, -0.15) is 5.26 Å². The molecule has 0 aromatic heterocycles. The number of hydrogen-bond donors (Lipinski definition) is 0. The maximum Gasteiger partial charge on any atom is 0.264 e. The van der Waals surface area contributed by atoms with Crippen LogP contribution in [0.2, 0.25) is 10.0 Å². The summed E-state index contributed by atoms with van der Waals surface area (Å²) in [5.74, 6) is 0.764. The third-order valence-corrected chi connectivity index (χ3v) is 5.95. The Morgan fingerprint density at radius 1 is 1.23 bits per heavy atom. The van der Waals surface area contributed by atoms with Crippen molar-refractivity contribution in [1.82, 2.24) is 4.90 Å². The Labute approximate surface area is 200 Å². The first-order valence-electron chi connectivity index (χ1n) is 9.87. The van der Waals surface area contributed by atoms with Gasteiger partial charge in [0, 0.05) is 28.7 Å². The molecular weight excluding hydrogens is 503 g/mol. The topological polar surface area (TPSA) is 62.6 Å². The largest absolute Gasteiger partial charge is 0.490 e. The van der Waals surface area contributed by atoms with E-state index in [1.165, 1.54) is 0 Å². The monoisotopic (exact) mass is 522 g/mol. The van der Waals surface area contributed by atoms with Crippen LogP contribution in [0.3, 0.4) is 0 Å². The van der Waals surface area contributed by atoms with Crippen LogP contribution in [0.5, 0.6) is 11.5 Å². The highest BCUT2D eigenvalue weighted by molar-refractivity contribution is 9.10. The number of nitrogens with zero attached hydrogens (tertiary/aromatic N) is 2. The van der Waals surface area contributed by atoms with Crippen LogP contribution in [0.4, 0.5) is 0 Å². The van der Waals surface area contributed by atoms with Gasteiger partial charge in [-0.05, 0) is 71.6 Å². The summed E-state index contributed by atoms with van der Waals surface area (Å²) < 4.78 is 12.4. The number of hydrogen-bond acceptors (Lipinski definition) is 4. The van der Waals surface area contributed by atoms with E-state index >= 15 is 0 Å². The molecule has 1 heterocycles. The van der Waals surface area contributed by atoms with Gasteiger partial charge in [-0.25, -0.2) is 0 Å². The Morgan fingerprint density at radius 3 is 2.61 bits per heavy atom. The molecule has 0 radical (unpaired) electrons. The number of carbonyl (C=O) groups is 1. The molecule has 31 heavy (non-hydrogen) atoms. The first kappa shape index (κ1) is 23.5. The second kappa shape index (κ2) is 10.9. The van der Waals surface area contributed by atoms with E-state index in [2.05, 4.69) is 15.9 Å². The summed E-state index contributed by atoms with van der Waals surface area (Å²) in [6, 6.07) is 10.8. The van der Waals surface area contributed by atoms with Gasteiger partial charge in [0.25, 0.3) is 5.91 Å². The smallest absolute Gasteiger partial charge is 0.264 e. The quantitative estimate of drug-likeness (QED) is 0.317. The number of rotatable bonds is 7. The van der Waals surface area contributed by atoms with Gasteiger partial charge in [-0.15, -0.1) is 0 Å². The lowest BCUT2D eigenvalue weighted by Gasteiger charge is -2.16. The summed E-state index contributed by atoms with van der Waals surface area (Å²) in [5, 5.41) is 10.6. The van der Waals surface area contributed by atoms with Gasteiger partial charge < -0.3 is 14.4 Å². The molecule has 3 rings (SSSR count).